The molecule has 110 valence electrons. The summed E-state index contributed by atoms with van der Waals surface area (Å²) in [6, 6.07) is 0. The third-order valence-corrected chi connectivity index (χ3v) is 3.06. The standard InChI is InChI=1S/C14H26N2O3/c1-14(2,3)19-13(18)16-8-4-5-12(17)11-6-9-15-10-7-11/h11,15H,4-10H2,1-3H3,(H,16,18). The van der Waals surface area contributed by atoms with Crippen LogP contribution < -0.4 is 10.6 Å². The first-order valence-corrected chi connectivity index (χ1v) is 7.09. The van der Waals surface area contributed by atoms with E-state index in [-0.39, 0.29) is 5.92 Å². The van der Waals surface area contributed by atoms with Crippen LogP contribution >= 0.6 is 0 Å². The molecule has 19 heavy (non-hydrogen) atoms. The van der Waals surface area contributed by atoms with E-state index >= 15 is 0 Å². The van der Waals surface area contributed by atoms with E-state index < -0.39 is 11.7 Å². The van der Waals surface area contributed by atoms with Gasteiger partial charge in [-0.3, -0.25) is 4.79 Å². The summed E-state index contributed by atoms with van der Waals surface area (Å²) in [5.41, 5.74) is -0.477. The molecule has 0 aromatic rings. The first-order valence-electron chi connectivity index (χ1n) is 7.09. The Labute approximate surface area is 115 Å². The lowest BCUT2D eigenvalue weighted by Crippen LogP contribution is -2.34. The lowest BCUT2D eigenvalue weighted by Gasteiger charge is -2.21. The van der Waals surface area contributed by atoms with Gasteiger partial charge in [0.25, 0.3) is 0 Å². The number of carbonyl (C=O) groups is 2. The van der Waals surface area contributed by atoms with E-state index in [1.54, 1.807) is 0 Å². The number of hydrogen-bond donors (Lipinski definition) is 2. The zero-order valence-corrected chi connectivity index (χ0v) is 12.3. The first kappa shape index (κ1) is 16.0. The lowest BCUT2D eigenvalue weighted by molar-refractivity contribution is -0.123. The Morgan fingerprint density at radius 1 is 1.26 bits per heavy atom. The first-order chi connectivity index (χ1) is 8.88. The Hall–Kier alpha value is -1.10. The minimum absolute atomic E-state index is 0.211. The molecule has 1 rings (SSSR count). The largest absolute Gasteiger partial charge is 0.444 e. The maximum atomic E-state index is 11.9. The molecule has 0 aromatic heterocycles. The third-order valence-electron chi connectivity index (χ3n) is 3.06. The summed E-state index contributed by atoms with van der Waals surface area (Å²) in [6.45, 7) is 7.85. The van der Waals surface area contributed by atoms with Gasteiger partial charge < -0.3 is 15.4 Å². The van der Waals surface area contributed by atoms with Crippen molar-refractivity contribution in [3.05, 3.63) is 0 Å². The smallest absolute Gasteiger partial charge is 0.407 e. The molecule has 0 unspecified atom stereocenters. The predicted octanol–water partition coefficient (Wildman–Crippen LogP) is 1.86. The Balaban J connectivity index is 2.10. The highest BCUT2D eigenvalue weighted by molar-refractivity contribution is 5.81. The van der Waals surface area contributed by atoms with Crippen molar-refractivity contribution in [3.8, 4) is 0 Å². The minimum Gasteiger partial charge on any atom is -0.444 e. The summed E-state index contributed by atoms with van der Waals surface area (Å²) in [4.78, 5) is 23.3. The molecule has 0 spiro atoms. The SMILES string of the molecule is CC(C)(C)OC(=O)NCCCC(=O)C1CCNCC1. The van der Waals surface area contributed by atoms with Crippen molar-refractivity contribution < 1.29 is 14.3 Å². The number of amides is 1. The molecule has 1 fully saturated rings. The van der Waals surface area contributed by atoms with Gasteiger partial charge in [0.1, 0.15) is 11.4 Å². The molecule has 1 heterocycles. The molecule has 1 aliphatic rings. The number of alkyl carbamates (subject to hydrolysis) is 1. The van der Waals surface area contributed by atoms with Crippen LogP contribution in [0.2, 0.25) is 0 Å². The summed E-state index contributed by atoms with van der Waals surface area (Å²) < 4.78 is 5.12. The predicted molar refractivity (Wildman–Crippen MR) is 74.1 cm³/mol. The zero-order chi connectivity index (χ0) is 14.3. The quantitative estimate of drug-likeness (QED) is 0.748. The fraction of sp³-hybridized carbons (Fsp3) is 0.857. The number of nitrogens with one attached hydrogen (secondary N) is 2. The van der Waals surface area contributed by atoms with E-state index in [0.717, 1.165) is 25.9 Å². The van der Waals surface area contributed by atoms with Gasteiger partial charge in [0, 0.05) is 18.9 Å². The second-order valence-corrected chi connectivity index (χ2v) is 6.02. The van der Waals surface area contributed by atoms with E-state index in [2.05, 4.69) is 10.6 Å². The monoisotopic (exact) mass is 270 g/mol. The summed E-state index contributed by atoms with van der Waals surface area (Å²) >= 11 is 0. The molecule has 0 atom stereocenters. The molecular formula is C14H26N2O3. The Kier molecular flexibility index (Phi) is 6.28. The molecule has 0 radical (unpaired) electrons. The van der Waals surface area contributed by atoms with Crippen LogP contribution in [0.25, 0.3) is 0 Å². The van der Waals surface area contributed by atoms with Crippen molar-refractivity contribution in [3.63, 3.8) is 0 Å². The van der Waals surface area contributed by atoms with Crippen LogP contribution in [-0.2, 0) is 9.53 Å². The Morgan fingerprint density at radius 2 is 1.89 bits per heavy atom. The number of carbonyl (C=O) groups excluding carboxylic acids is 2. The van der Waals surface area contributed by atoms with Gasteiger partial charge in [-0.1, -0.05) is 0 Å². The number of rotatable bonds is 5. The highest BCUT2D eigenvalue weighted by atomic mass is 16.6. The second kappa shape index (κ2) is 7.48. The van der Waals surface area contributed by atoms with Gasteiger partial charge in [-0.05, 0) is 53.1 Å². The van der Waals surface area contributed by atoms with Gasteiger partial charge in [0.2, 0.25) is 0 Å². The molecular weight excluding hydrogens is 244 g/mol. The number of ether oxygens (including phenoxy) is 1. The van der Waals surface area contributed by atoms with E-state index in [9.17, 15) is 9.59 Å². The fourth-order valence-corrected chi connectivity index (χ4v) is 2.12. The maximum Gasteiger partial charge on any atom is 0.407 e. The van der Waals surface area contributed by atoms with Crippen LogP contribution in [0.1, 0.15) is 46.5 Å². The number of Topliss-reactive ketones (excluding diaryl/α,β-unsaturated/α-hetero) is 1. The molecule has 0 aliphatic carbocycles. The Morgan fingerprint density at radius 3 is 2.47 bits per heavy atom. The average Bonchev–Trinajstić information content (AvgIpc) is 2.33. The fourth-order valence-electron chi connectivity index (χ4n) is 2.12. The molecule has 1 aliphatic heterocycles. The van der Waals surface area contributed by atoms with E-state index in [4.69, 9.17) is 4.74 Å². The highest BCUT2D eigenvalue weighted by Crippen LogP contribution is 2.15. The van der Waals surface area contributed by atoms with Crippen molar-refractivity contribution in [2.45, 2.75) is 52.1 Å². The third kappa shape index (κ3) is 7.15. The van der Waals surface area contributed by atoms with Crippen molar-refractivity contribution in [2.75, 3.05) is 19.6 Å². The van der Waals surface area contributed by atoms with E-state index in [0.29, 0.717) is 25.2 Å². The summed E-state index contributed by atoms with van der Waals surface area (Å²) in [5.74, 6) is 0.537. The van der Waals surface area contributed by atoms with Crippen molar-refractivity contribution in [1.82, 2.24) is 10.6 Å². The minimum atomic E-state index is -0.477. The summed E-state index contributed by atoms with van der Waals surface area (Å²) in [7, 11) is 0. The molecule has 2 N–H and O–H groups in total. The zero-order valence-electron chi connectivity index (χ0n) is 12.3. The van der Waals surface area contributed by atoms with Gasteiger partial charge in [-0.2, -0.15) is 0 Å². The van der Waals surface area contributed by atoms with Gasteiger partial charge in [-0.25, -0.2) is 4.79 Å². The summed E-state index contributed by atoms with van der Waals surface area (Å²) in [5, 5.41) is 5.92. The van der Waals surface area contributed by atoms with Crippen LogP contribution in [0, 0.1) is 5.92 Å². The topological polar surface area (TPSA) is 67.4 Å². The molecule has 0 saturated carbocycles. The van der Waals surface area contributed by atoms with E-state index in [1.165, 1.54) is 0 Å². The van der Waals surface area contributed by atoms with Crippen molar-refractivity contribution in [1.29, 1.82) is 0 Å². The number of hydrogen-bond acceptors (Lipinski definition) is 4. The summed E-state index contributed by atoms with van der Waals surface area (Å²) in [6.07, 6.45) is 2.70. The van der Waals surface area contributed by atoms with Crippen molar-refractivity contribution >= 4 is 11.9 Å². The molecule has 0 bridgehead atoms. The molecule has 5 heteroatoms. The molecule has 0 aromatic carbocycles. The maximum absolute atomic E-state index is 11.9. The van der Waals surface area contributed by atoms with Crippen LogP contribution in [0.15, 0.2) is 0 Å². The van der Waals surface area contributed by atoms with Crippen LogP contribution in [0.4, 0.5) is 4.79 Å². The lowest BCUT2D eigenvalue weighted by atomic mass is 9.91. The second-order valence-electron chi connectivity index (χ2n) is 6.02. The average molecular weight is 270 g/mol. The van der Waals surface area contributed by atoms with Crippen LogP contribution in [0.5, 0.6) is 0 Å². The van der Waals surface area contributed by atoms with Gasteiger partial charge in [-0.15, -0.1) is 0 Å². The molecule has 1 saturated heterocycles. The number of ketones is 1. The van der Waals surface area contributed by atoms with E-state index in [1.807, 2.05) is 20.8 Å². The Bertz CT molecular complexity index is 304. The van der Waals surface area contributed by atoms with Gasteiger partial charge in [0.05, 0.1) is 0 Å². The highest BCUT2D eigenvalue weighted by Gasteiger charge is 2.20. The van der Waals surface area contributed by atoms with Gasteiger partial charge in [0.15, 0.2) is 0 Å². The van der Waals surface area contributed by atoms with Gasteiger partial charge >= 0.3 is 6.09 Å². The van der Waals surface area contributed by atoms with Crippen LogP contribution in [0.3, 0.4) is 0 Å². The molecule has 1 amide bonds. The molecule has 5 nitrogen and oxygen atoms in total. The normalized spacial score (nSPS) is 17.0. The van der Waals surface area contributed by atoms with Crippen LogP contribution in [-0.4, -0.2) is 37.1 Å². The number of piperidine rings is 1. The van der Waals surface area contributed by atoms with Crippen molar-refractivity contribution in [2.24, 2.45) is 5.92 Å².